The van der Waals surface area contributed by atoms with E-state index in [1.54, 1.807) is 39.0 Å². The Morgan fingerprint density at radius 1 is 1.15 bits per heavy atom. The second-order valence-electron chi connectivity index (χ2n) is 8.75. The summed E-state index contributed by atoms with van der Waals surface area (Å²) in [6, 6.07) is 6.01. The first kappa shape index (κ1) is 25.4. The van der Waals surface area contributed by atoms with E-state index in [2.05, 4.69) is 5.32 Å². The second-order valence-corrected chi connectivity index (χ2v) is 8.75. The van der Waals surface area contributed by atoms with E-state index in [1.807, 2.05) is 6.92 Å². The maximum atomic E-state index is 14.9. The summed E-state index contributed by atoms with van der Waals surface area (Å²) in [5.41, 5.74) is 0.129. The summed E-state index contributed by atoms with van der Waals surface area (Å²) in [5, 5.41) is 12.2. The summed E-state index contributed by atoms with van der Waals surface area (Å²) in [5.74, 6) is -1.72. The fourth-order valence-electron chi connectivity index (χ4n) is 4.28. The van der Waals surface area contributed by atoms with Crippen molar-refractivity contribution >= 4 is 17.7 Å². The van der Waals surface area contributed by atoms with Crippen molar-refractivity contribution in [2.75, 3.05) is 31.7 Å². The summed E-state index contributed by atoms with van der Waals surface area (Å²) in [6.45, 7) is 8.09. The van der Waals surface area contributed by atoms with Gasteiger partial charge in [-0.3, -0.25) is 9.69 Å². The standard InChI is InChI=1S/C25H30F2N2O5/c1-5-33-14-25(3,4)21-19(26)12-16(13-20(21)27)28-23(30)22-18-8-7-17(34-6-2)11-15(18)9-10-29(22)24(31)32/h7-8,11-13,22H,5-6,9-10,14H2,1-4H3,(H,28,30)(H,31,32)/t22-/m1/s1. The number of rotatable bonds is 8. The number of halogens is 2. The summed E-state index contributed by atoms with van der Waals surface area (Å²) < 4.78 is 40.7. The third-order valence-corrected chi connectivity index (χ3v) is 5.80. The average Bonchev–Trinajstić information content (AvgIpc) is 2.76. The normalized spacial score (nSPS) is 15.6. The van der Waals surface area contributed by atoms with Crippen LogP contribution in [0.2, 0.25) is 0 Å². The van der Waals surface area contributed by atoms with Crippen LogP contribution >= 0.6 is 0 Å². The molecular formula is C25H30F2N2O5. The number of nitrogens with zero attached hydrogens (tertiary/aromatic N) is 1. The van der Waals surface area contributed by atoms with Crippen molar-refractivity contribution in [3.63, 3.8) is 0 Å². The van der Waals surface area contributed by atoms with Crippen LogP contribution < -0.4 is 10.1 Å². The number of fused-ring (bicyclic) bond motifs is 1. The van der Waals surface area contributed by atoms with Crippen LogP contribution in [0.4, 0.5) is 19.3 Å². The van der Waals surface area contributed by atoms with Crippen molar-refractivity contribution in [1.82, 2.24) is 4.90 Å². The number of carbonyl (C=O) groups excluding carboxylic acids is 1. The highest BCUT2D eigenvalue weighted by molar-refractivity contribution is 5.97. The van der Waals surface area contributed by atoms with Gasteiger partial charge in [0.25, 0.3) is 5.91 Å². The first-order valence-electron chi connectivity index (χ1n) is 11.2. The van der Waals surface area contributed by atoms with E-state index in [4.69, 9.17) is 9.47 Å². The van der Waals surface area contributed by atoms with Crippen LogP contribution in [-0.2, 0) is 21.4 Å². The number of carboxylic acid groups (broad SMARTS) is 1. The van der Waals surface area contributed by atoms with Gasteiger partial charge in [-0.2, -0.15) is 0 Å². The van der Waals surface area contributed by atoms with Crippen LogP contribution in [0.25, 0.3) is 0 Å². The molecule has 0 aliphatic carbocycles. The third kappa shape index (κ3) is 5.30. The van der Waals surface area contributed by atoms with Crippen LogP contribution in [0, 0.1) is 11.6 Å². The number of hydrogen-bond donors (Lipinski definition) is 2. The van der Waals surface area contributed by atoms with E-state index in [0.29, 0.717) is 30.9 Å². The first-order chi connectivity index (χ1) is 16.1. The Bertz CT molecular complexity index is 1050. The van der Waals surface area contributed by atoms with Gasteiger partial charge in [0.2, 0.25) is 0 Å². The van der Waals surface area contributed by atoms with E-state index in [-0.39, 0.29) is 24.4 Å². The molecule has 0 saturated heterocycles. The minimum absolute atomic E-state index is 0.0978. The molecule has 0 saturated carbocycles. The Labute approximate surface area is 197 Å². The van der Waals surface area contributed by atoms with Crippen LogP contribution in [-0.4, -0.2) is 48.4 Å². The predicted octanol–water partition coefficient (Wildman–Crippen LogP) is 4.89. The number of carbonyl (C=O) groups is 2. The van der Waals surface area contributed by atoms with Gasteiger partial charge in [0.1, 0.15) is 23.4 Å². The first-order valence-corrected chi connectivity index (χ1v) is 11.2. The zero-order chi connectivity index (χ0) is 25.0. The highest BCUT2D eigenvalue weighted by Crippen LogP contribution is 2.35. The molecule has 1 aliphatic heterocycles. The molecule has 0 unspecified atom stereocenters. The smallest absolute Gasteiger partial charge is 0.408 e. The molecule has 2 amide bonds. The number of ether oxygens (including phenoxy) is 2. The lowest BCUT2D eigenvalue weighted by Crippen LogP contribution is -2.44. The summed E-state index contributed by atoms with van der Waals surface area (Å²) in [4.78, 5) is 26.0. The van der Waals surface area contributed by atoms with Gasteiger partial charge in [-0.05, 0) is 55.7 Å². The molecule has 1 aliphatic rings. The molecule has 1 atom stereocenters. The number of hydrogen-bond acceptors (Lipinski definition) is 4. The Kier molecular flexibility index (Phi) is 7.76. The monoisotopic (exact) mass is 476 g/mol. The van der Waals surface area contributed by atoms with Crippen molar-refractivity contribution in [3.8, 4) is 5.75 Å². The largest absolute Gasteiger partial charge is 0.494 e. The average molecular weight is 477 g/mol. The van der Waals surface area contributed by atoms with Crippen LogP contribution in [0.3, 0.4) is 0 Å². The van der Waals surface area contributed by atoms with E-state index >= 15 is 0 Å². The highest BCUT2D eigenvalue weighted by Gasteiger charge is 2.37. The predicted molar refractivity (Wildman–Crippen MR) is 123 cm³/mol. The van der Waals surface area contributed by atoms with Crippen molar-refractivity contribution in [3.05, 3.63) is 58.7 Å². The van der Waals surface area contributed by atoms with Gasteiger partial charge < -0.3 is 19.9 Å². The number of amides is 2. The van der Waals surface area contributed by atoms with Gasteiger partial charge in [-0.25, -0.2) is 13.6 Å². The molecule has 0 fully saturated rings. The lowest BCUT2D eigenvalue weighted by molar-refractivity contribution is -0.121. The van der Waals surface area contributed by atoms with Crippen LogP contribution in [0.15, 0.2) is 30.3 Å². The highest BCUT2D eigenvalue weighted by atomic mass is 19.1. The molecule has 9 heteroatoms. The molecule has 7 nitrogen and oxygen atoms in total. The van der Waals surface area contributed by atoms with Crippen molar-refractivity contribution in [2.45, 2.75) is 45.6 Å². The Balaban J connectivity index is 1.91. The topological polar surface area (TPSA) is 88.1 Å². The summed E-state index contributed by atoms with van der Waals surface area (Å²) >= 11 is 0. The number of benzene rings is 2. The maximum Gasteiger partial charge on any atom is 0.408 e. The van der Waals surface area contributed by atoms with Gasteiger partial charge >= 0.3 is 6.09 Å². The minimum Gasteiger partial charge on any atom is -0.494 e. The second kappa shape index (κ2) is 10.4. The van der Waals surface area contributed by atoms with Gasteiger partial charge in [-0.1, -0.05) is 19.9 Å². The zero-order valence-corrected chi connectivity index (χ0v) is 19.8. The molecule has 2 N–H and O–H groups in total. The van der Waals surface area contributed by atoms with Gasteiger partial charge in [-0.15, -0.1) is 0 Å². The quantitative estimate of drug-likeness (QED) is 0.566. The lowest BCUT2D eigenvalue weighted by atomic mass is 9.84. The van der Waals surface area contributed by atoms with E-state index in [1.165, 1.54) is 0 Å². The summed E-state index contributed by atoms with van der Waals surface area (Å²) in [7, 11) is 0. The maximum absolute atomic E-state index is 14.9. The fraction of sp³-hybridized carbons (Fsp3) is 0.440. The molecule has 0 spiro atoms. The number of anilines is 1. The molecule has 34 heavy (non-hydrogen) atoms. The van der Waals surface area contributed by atoms with Crippen LogP contribution in [0.1, 0.15) is 50.4 Å². The Morgan fingerprint density at radius 3 is 2.41 bits per heavy atom. The van der Waals surface area contributed by atoms with Gasteiger partial charge in [0, 0.05) is 29.8 Å². The Hall–Kier alpha value is -3.20. The molecule has 0 aromatic heterocycles. The molecular weight excluding hydrogens is 446 g/mol. The summed E-state index contributed by atoms with van der Waals surface area (Å²) in [6.07, 6.45) is -0.843. The van der Waals surface area contributed by atoms with Crippen LogP contribution in [0.5, 0.6) is 5.75 Å². The third-order valence-electron chi connectivity index (χ3n) is 5.80. The van der Waals surface area contributed by atoms with Crippen molar-refractivity contribution in [2.24, 2.45) is 0 Å². The van der Waals surface area contributed by atoms with Crippen molar-refractivity contribution in [1.29, 1.82) is 0 Å². The number of nitrogens with one attached hydrogen (secondary N) is 1. The zero-order valence-electron chi connectivity index (χ0n) is 19.8. The van der Waals surface area contributed by atoms with E-state index < -0.39 is 35.1 Å². The molecule has 0 bridgehead atoms. The Morgan fingerprint density at radius 2 is 1.82 bits per heavy atom. The van der Waals surface area contributed by atoms with E-state index in [0.717, 1.165) is 22.6 Å². The molecule has 2 aromatic rings. The molecule has 1 heterocycles. The van der Waals surface area contributed by atoms with E-state index in [9.17, 15) is 23.5 Å². The van der Waals surface area contributed by atoms with Crippen molar-refractivity contribution < 1.29 is 33.0 Å². The minimum atomic E-state index is -1.26. The molecule has 184 valence electrons. The fourth-order valence-corrected chi connectivity index (χ4v) is 4.28. The SMILES string of the molecule is CCOCC(C)(C)c1c(F)cc(NC(=O)[C@H]2c3ccc(OCC)cc3CCN2C(=O)O)cc1F. The lowest BCUT2D eigenvalue weighted by Gasteiger charge is -2.34. The van der Waals surface area contributed by atoms with Gasteiger partial charge in [0.15, 0.2) is 0 Å². The molecule has 3 rings (SSSR count). The van der Waals surface area contributed by atoms with Gasteiger partial charge in [0.05, 0.1) is 13.2 Å². The molecule has 0 radical (unpaired) electrons. The molecule has 2 aromatic carbocycles.